The molecule has 1 atom stereocenters. The van der Waals surface area contributed by atoms with Gasteiger partial charge in [0.15, 0.2) is 5.16 Å². The molecule has 82 valence electrons. The van der Waals surface area contributed by atoms with Crippen LogP contribution in [0.2, 0.25) is 0 Å². The monoisotopic (exact) mass is 224 g/mol. The zero-order valence-corrected chi connectivity index (χ0v) is 9.92. The molecule has 0 bridgehead atoms. The van der Waals surface area contributed by atoms with Gasteiger partial charge in [-0.15, -0.1) is 0 Å². The second-order valence-corrected chi connectivity index (χ2v) is 4.48. The van der Waals surface area contributed by atoms with Crippen molar-refractivity contribution in [2.45, 2.75) is 18.1 Å². The molecule has 2 heterocycles. The lowest BCUT2D eigenvalue weighted by Gasteiger charge is -2.32. The SMILES string of the molecule is CSc1nccc(N2CCN[C@@H](C)C2)n1. The quantitative estimate of drug-likeness (QED) is 0.599. The van der Waals surface area contributed by atoms with Crippen LogP contribution in [0.15, 0.2) is 17.4 Å². The summed E-state index contributed by atoms with van der Waals surface area (Å²) in [5.74, 6) is 1.04. The number of thioether (sulfide) groups is 1. The van der Waals surface area contributed by atoms with E-state index < -0.39 is 0 Å². The van der Waals surface area contributed by atoms with E-state index in [-0.39, 0.29) is 0 Å². The Morgan fingerprint density at radius 2 is 2.47 bits per heavy atom. The number of nitrogens with zero attached hydrogens (tertiary/aromatic N) is 3. The van der Waals surface area contributed by atoms with Gasteiger partial charge in [0.1, 0.15) is 5.82 Å². The minimum absolute atomic E-state index is 0.534. The average Bonchev–Trinajstić information content (AvgIpc) is 2.29. The third-order valence-corrected chi connectivity index (χ3v) is 3.06. The summed E-state index contributed by atoms with van der Waals surface area (Å²) in [5.41, 5.74) is 0. The number of hydrogen-bond acceptors (Lipinski definition) is 5. The van der Waals surface area contributed by atoms with Crippen LogP contribution in [0.3, 0.4) is 0 Å². The lowest BCUT2D eigenvalue weighted by atomic mass is 10.2. The summed E-state index contributed by atoms with van der Waals surface area (Å²) in [4.78, 5) is 11.0. The van der Waals surface area contributed by atoms with Crippen molar-refractivity contribution in [3.63, 3.8) is 0 Å². The molecule has 0 spiro atoms. The van der Waals surface area contributed by atoms with Crippen LogP contribution < -0.4 is 10.2 Å². The van der Waals surface area contributed by atoms with Crippen molar-refractivity contribution < 1.29 is 0 Å². The molecule has 0 amide bonds. The highest BCUT2D eigenvalue weighted by molar-refractivity contribution is 7.98. The fourth-order valence-corrected chi connectivity index (χ4v) is 2.10. The van der Waals surface area contributed by atoms with Gasteiger partial charge in [-0.25, -0.2) is 9.97 Å². The number of piperazine rings is 1. The summed E-state index contributed by atoms with van der Waals surface area (Å²) in [6.07, 6.45) is 3.83. The van der Waals surface area contributed by atoms with Gasteiger partial charge >= 0.3 is 0 Å². The Labute approximate surface area is 94.5 Å². The van der Waals surface area contributed by atoms with Crippen molar-refractivity contribution in [3.8, 4) is 0 Å². The van der Waals surface area contributed by atoms with Crippen LogP contribution in [-0.2, 0) is 0 Å². The van der Waals surface area contributed by atoms with Gasteiger partial charge < -0.3 is 10.2 Å². The minimum Gasteiger partial charge on any atom is -0.354 e. The summed E-state index contributed by atoms with van der Waals surface area (Å²) < 4.78 is 0. The Morgan fingerprint density at radius 1 is 1.60 bits per heavy atom. The molecule has 1 saturated heterocycles. The van der Waals surface area contributed by atoms with Gasteiger partial charge in [0, 0.05) is 31.9 Å². The van der Waals surface area contributed by atoms with Crippen molar-refractivity contribution in [3.05, 3.63) is 12.3 Å². The molecule has 15 heavy (non-hydrogen) atoms. The Bertz CT molecular complexity index is 331. The van der Waals surface area contributed by atoms with E-state index in [9.17, 15) is 0 Å². The van der Waals surface area contributed by atoms with Gasteiger partial charge in [0.2, 0.25) is 0 Å². The molecular weight excluding hydrogens is 208 g/mol. The van der Waals surface area contributed by atoms with E-state index in [1.54, 1.807) is 11.8 Å². The molecule has 1 aliphatic heterocycles. The van der Waals surface area contributed by atoms with Gasteiger partial charge in [-0.05, 0) is 19.2 Å². The van der Waals surface area contributed by atoms with Crippen LogP contribution in [0.25, 0.3) is 0 Å². The largest absolute Gasteiger partial charge is 0.354 e. The molecule has 4 nitrogen and oxygen atoms in total. The molecule has 0 unspecified atom stereocenters. The predicted octanol–water partition coefficient (Wildman–Crippen LogP) is 0.997. The van der Waals surface area contributed by atoms with Crippen LogP contribution >= 0.6 is 11.8 Å². The number of rotatable bonds is 2. The number of nitrogens with one attached hydrogen (secondary N) is 1. The highest BCUT2D eigenvalue weighted by Gasteiger charge is 2.16. The topological polar surface area (TPSA) is 41.1 Å². The number of hydrogen-bond donors (Lipinski definition) is 1. The van der Waals surface area contributed by atoms with E-state index in [1.807, 2.05) is 18.5 Å². The van der Waals surface area contributed by atoms with Crippen LogP contribution in [0.4, 0.5) is 5.82 Å². The Kier molecular flexibility index (Phi) is 3.43. The number of aromatic nitrogens is 2. The lowest BCUT2D eigenvalue weighted by molar-refractivity contribution is 0.481. The molecule has 0 aromatic carbocycles. The van der Waals surface area contributed by atoms with Gasteiger partial charge in [0.25, 0.3) is 0 Å². The molecular formula is C10H16N4S. The summed E-state index contributed by atoms with van der Waals surface area (Å²) >= 11 is 1.58. The van der Waals surface area contributed by atoms with Crippen molar-refractivity contribution >= 4 is 17.6 Å². The second-order valence-electron chi connectivity index (χ2n) is 3.70. The van der Waals surface area contributed by atoms with Crippen LogP contribution in [0.1, 0.15) is 6.92 Å². The summed E-state index contributed by atoms with van der Waals surface area (Å²) in [6, 6.07) is 2.52. The molecule has 5 heteroatoms. The van der Waals surface area contributed by atoms with E-state index in [0.717, 1.165) is 30.6 Å². The highest BCUT2D eigenvalue weighted by atomic mass is 32.2. The van der Waals surface area contributed by atoms with E-state index in [2.05, 4.69) is 27.1 Å². The van der Waals surface area contributed by atoms with Crippen LogP contribution in [0.5, 0.6) is 0 Å². The number of anilines is 1. The zero-order valence-electron chi connectivity index (χ0n) is 9.10. The minimum atomic E-state index is 0.534. The summed E-state index contributed by atoms with van der Waals surface area (Å²) in [5, 5.41) is 4.27. The second kappa shape index (κ2) is 4.81. The fraction of sp³-hybridized carbons (Fsp3) is 0.600. The molecule has 0 saturated carbocycles. The highest BCUT2D eigenvalue weighted by Crippen LogP contribution is 2.16. The standard InChI is InChI=1S/C10H16N4S/c1-8-7-14(6-5-11-8)9-3-4-12-10(13-9)15-2/h3-4,8,11H,5-7H2,1-2H3/t8-/m0/s1. The van der Waals surface area contributed by atoms with Crippen molar-refractivity contribution in [1.82, 2.24) is 15.3 Å². The van der Waals surface area contributed by atoms with Crippen molar-refractivity contribution in [2.24, 2.45) is 0 Å². The molecule has 1 aromatic heterocycles. The first-order chi connectivity index (χ1) is 7.29. The van der Waals surface area contributed by atoms with E-state index in [1.165, 1.54) is 0 Å². The Balaban J connectivity index is 2.13. The van der Waals surface area contributed by atoms with Crippen LogP contribution in [0, 0.1) is 0 Å². The Morgan fingerprint density at radius 3 is 3.20 bits per heavy atom. The van der Waals surface area contributed by atoms with Crippen molar-refractivity contribution in [2.75, 3.05) is 30.8 Å². The smallest absolute Gasteiger partial charge is 0.189 e. The maximum absolute atomic E-state index is 4.50. The molecule has 1 aliphatic rings. The molecule has 1 fully saturated rings. The molecule has 2 rings (SSSR count). The molecule has 0 radical (unpaired) electrons. The maximum atomic E-state index is 4.50. The third-order valence-electron chi connectivity index (χ3n) is 2.49. The molecule has 1 aromatic rings. The molecule has 0 aliphatic carbocycles. The first-order valence-corrected chi connectivity index (χ1v) is 6.37. The van der Waals surface area contributed by atoms with Gasteiger partial charge in [-0.1, -0.05) is 11.8 Å². The van der Waals surface area contributed by atoms with E-state index in [4.69, 9.17) is 0 Å². The van der Waals surface area contributed by atoms with E-state index >= 15 is 0 Å². The fourth-order valence-electron chi connectivity index (χ4n) is 1.75. The Hall–Kier alpha value is -0.810. The van der Waals surface area contributed by atoms with Crippen LogP contribution in [-0.4, -0.2) is 41.9 Å². The first-order valence-electron chi connectivity index (χ1n) is 5.15. The average molecular weight is 224 g/mol. The lowest BCUT2D eigenvalue weighted by Crippen LogP contribution is -2.49. The third kappa shape index (κ3) is 2.60. The molecule has 1 N–H and O–H groups in total. The summed E-state index contributed by atoms with van der Waals surface area (Å²) in [7, 11) is 0. The van der Waals surface area contributed by atoms with E-state index in [0.29, 0.717) is 6.04 Å². The maximum Gasteiger partial charge on any atom is 0.189 e. The zero-order chi connectivity index (χ0) is 10.7. The van der Waals surface area contributed by atoms with Gasteiger partial charge in [0.05, 0.1) is 0 Å². The van der Waals surface area contributed by atoms with Crippen molar-refractivity contribution in [1.29, 1.82) is 0 Å². The predicted molar refractivity (Wildman–Crippen MR) is 63.5 cm³/mol. The normalized spacial score (nSPS) is 21.7. The first kappa shape index (κ1) is 10.7. The van der Waals surface area contributed by atoms with Gasteiger partial charge in [-0.3, -0.25) is 0 Å². The summed E-state index contributed by atoms with van der Waals surface area (Å²) in [6.45, 7) is 5.27. The van der Waals surface area contributed by atoms with Gasteiger partial charge in [-0.2, -0.15) is 0 Å².